The van der Waals surface area contributed by atoms with Crippen molar-refractivity contribution in [2.75, 3.05) is 0 Å². The Morgan fingerprint density at radius 3 is 1.67 bits per heavy atom. The van der Waals surface area contributed by atoms with E-state index in [4.69, 9.17) is 20.9 Å². The standard InChI is InChI=1S/C7H13BBrClO2/c1-6(2)7(3,4)12-8(11-6)5(9)10/h5H,1-4H3. The van der Waals surface area contributed by atoms with Crippen LogP contribution in [0.25, 0.3) is 0 Å². The highest BCUT2D eigenvalue weighted by Crippen LogP contribution is 2.39. The third kappa shape index (κ3) is 1.81. The first-order valence-corrected chi connectivity index (χ1v) is 5.25. The number of halogens is 2. The highest BCUT2D eigenvalue weighted by molar-refractivity contribution is 9.10. The molecule has 12 heavy (non-hydrogen) atoms. The number of rotatable bonds is 1. The van der Waals surface area contributed by atoms with Crippen LogP contribution in [0.4, 0.5) is 0 Å². The summed E-state index contributed by atoms with van der Waals surface area (Å²) in [7, 11) is -0.364. The fourth-order valence-electron chi connectivity index (χ4n) is 0.992. The Balaban J connectivity index is 2.74. The van der Waals surface area contributed by atoms with Crippen molar-refractivity contribution < 1.29 is 9.31 Å². The highest BCUT2D eigenvalue weighted by Gasteiger charge is 2.53. The third-order valence-corrected chi connectivity index (χ3v) is 3.11. The van der Waals surface area contributed by atoms with Crippen molar-refractivity contribution in [3.8, 4) is 0 Å². The van der Waals surface area contributed by atoms with Crippen LogP contribution < -0.4 is 0 Å². The molecule has 1 atom stereocenters. The second kappa shape index (κ2) is 3.16. The average Bonchev–Trinajstić information content (AvgIpc) is 2.03. The number of hydrogen-bond acceptors (Lipinski definition) is 2. The quantitative estimate of drug-likeness (QED) is 0.529. The molecule has 0 aromatic carbocycles. The van der Waals surface area contributed by atoms with Crippen molar-refractivity contribution >= 4 is 34.6 Å². The first-order valence-electron chi connectivity index (χ1n) is 3.90. The number of alkyl halides is 2. The van der Waals surface area contributed by atoms with E-state index < -0.39 is 0 Å². The molecule has 1 unspecified atom stereocenters. The van der Waals surface area contributed by atoms with Crippen LogP contribution in [-0.4, -0.2) is 22.5 Å². The Morgan fingerprint density at radius 1 is 1.17 bits per heavy atom. The maximum atomic E-state index is 5.81. The molecule has 1 aliphatic rings. The van der Waals surface area contributed by atoms with Gasteiger partial charge in [-0.1, -0.05) is 15.9 Å². The summed E-state index contributed by atoms with van der Waals surface area (Å²) >= 11 is 9.03. The summed E-state index contributed by atoms with van der Waals surface area (Å²) in [6.07, 6.45) is 0. The molecule has 0 spiro atoms. The molecule has 0 saturated carbocycles. The molecule has 0 amide bonds. The molecule has 1 saturated heterocycles. The van der Waals surface area contributed by atoms with E-state index in [-0.39, 0.29) is 22.5 Å². The molecule has 0 aliphatic carbocycles. The zero-order valence-electron chi connectivity index (χ0n) is 7.73. The normalized spacial score (nSPS) is 29.0. The van der Waals surface area contributed by atoms with Gasteiger partial charge in [0.2, 0.25) is 0 Å². The lowest BCUT2D eigenvalue weighted by Gasteiger charge is -2.32. The summed E-state index contributed by atoms with van der Waals surface area (Å²) < 4.78 is 11.0. The lowest BCUT2D eigenvalue weighted by atomic mass is 9.90. The fourth-order valence-corrected chi connectivity index (χ4v) is 1.31. The van der Waals surface area contributed by atoms with Crippen molar-refractivity contribution in [2.45, 2.75) is 43.1 Å². The largest absolute Gasteiger partial charge is 0.488 e. The third-order valence-electron chi connectivity index (χ3n) is 2.48. The predicted octanol–water partition coefficient (Wildman–Crippen LogP) is 2.58. The Kier molecular flexibility index (Phi) is 2.85. The molecule has 0 aromatic rings. The van der Waals surface area contributed by atoms with Crippen LogP contribution in [-0.2, 0) is 9.31 Å². The van der Waals surface area contributed by atoms with Crippen molar-refractivity contribution in [2.24, 2.45) is 0 Å². The Morgan fingerprint density at radius 2 is 1.50 bits per heavy atom. The smallest absolute Gasteiger partial charge is 0.402 e. The Hall–Kier alpha value is 0.755. The lowest BCUT2D eigenvalue weighted by molar-refractivity contribution is 0.00578. The summed E-state index contributed by atoms with van der Waals surface area (Å²) in [6, 6.07) is 0. The molecule has 1 aliphatic heterocycles. The van der Waals surface area contributed by atoms with Gasteiger partial charge in [-0.15, -0.1) is 11.6 Å². The molecular weight excluding hydrogens is 242 g/mol. The van der Waals surface area contributed by atoms with Gasteiger partial charge in [0.15, 0.2) is 0 Å². The van der Waals surface area contributed by atoms with Crippen molar-refractivity contribution in [3.05, 3.63) is 0 Å². The van der Waals surface area contributed by atoms with Crippen LogP contribution in [0.15, 0.2) is 0 Å². The van der Waals surface area contributed by atoms with E-state index in [0.29, 0.717) is 0 Å². The van der Waals surface area contributed by atoms with E-state index in [9.17, 15) is 0 Å². The van der Waals surface area contributed by atoms with Crippen molar-refractivity contribution in [3.63, 3.8) is 0 Å². The van der Waals surface area contributed by atoms with Crippen molar-refractivity contribution in [1.29, 1.82) is 0 Å². The molecule has 0 aromatic heterocycles. The Labute approximate surface area is 87.2 Å². The summed E-state index contributed by atoms with van der Waals surface area (Å²) in [5, 5.41) is 0. The van der Waals surface area contributed by atoms with Gasteiger partial charge in [0.25, 0.3) is 0 Å². The van der Waals surface area contributed by atoms with E-state index in [0.717, 1.165) is 0 Å². The fraction of sp³-hybridized carbons (Fsp3) is 1.00. The van der Waals surface area contributed by atoms with Gasteiger partial charge in [0.1, 0.15) is 4.19 Å². The molecule has 1 rings (SSSR count). The van der Waals surface area contributed by atoms with E-state index in [2.05, 4.69) is 15.9 Å². The summed E-state index contributed by atoms with van der Waals surface area (Å²) in [5.41, 5.74) is -0.586. The van der Waals surface area contributed by atoms with E-state index in [1.54, 1.807) is 0 Å². The predicted molar refractivity (Wildman–Crippen MR) is 54.7 cm³/mol. The molecule has 70 valence electrons. The summed E-state index contributed by atoms with van der Waals surface area (Å²) in [5.74, 6) is 0. The second-order valence-corrected chi connectivity index (χ2v) is 5.94. The van der Waals surface area contributed by atoms with Crippen molar-refractivity contribution in [1.82, 2.24) is 0 Å². The Bertz CT molecular complexity index is 168. The SMILES string of the molecule is CC1(C)OB(C(Cl)Br)OC1(C)C. The minimum Gasteiger partial charge on any atom is -0.402 e. The maximum absolute atomic E-state index is 5.81. The zero-order chi connectivity index (χ0) is 9.57. The molecule has 1 fully saturated rings. The van der Waals surface area contributed by atoms with E-state index in [1.165, 1.54) is 0 Å². The number of hydrogen-bond donors (Lipinski definition) is 0. The van der Waals surface area contributed by atoms with Gasteiger partial charge >= 0.3 is 7.12 Å². The molecular formula is C7H13BBrClO2. The maximum Gasteiger partial charge on any atom is 0.488 e. The van der Waals surface area contributed by atoms with Gasteiger partial charge < -0.3 is 9.31 Å². The first kappa shape index (κ1) is 10.8. The van der Waals surface area contributed by atoms with E-state index >= 15 is 0 Å². The molecule has 5 heteroatoms. The van der Waals surface area contributed by atoms with Gasteiger partial charge in [0, 0.05) is 0 Å². The first-order chi connectivity index (χ1) is 5.26. The molecule has 0 bridgehead atoms. The summed E-state index contributed by atoms with van der Waals surface area (Å²) in [4.78, 5) is 0. The van der Waals surface area contributed by atoms with Crippen LogP contribution >= 0.6 is 27.5 Å². The van der Waals surface area contributed by atoms with Crippen LogP contribution in [0.3, 0.4) is 0 Å². The van der Waals surface area contributed by atoms with Crippen LogP contribution in [0.2, 0.25) is 0 Å². The van der Waals surface area contributed by atoms with Crippen LogP contribution in [0.1, 0.15) is 27.7 Å². The van der Waals surface area contributed by atoms with Gasteiger partial charge in [-0.05, 0) is 27.7 Å². The molecule has 0 N–H and O–H groups in total. The second-order valence-electron chi connectivity index (χ2n) is 3.96. The minimum absolute atomic E-state index is 0.293. The zero-order valence-corrected chi connectivity index (χ0v) is 10.1. The van der Waals surface area contributed by atoms with Crippen LogP contribution in [0.5, 0.6) is 0 Å². The van der Waals surface area contributed by atoms with Gasteiger partial charge in [0.05, 0.1) is 11.2 Å². The lowest BCUT2D eigenvalue weighted by Crippen LogP contribution is -2.41. The minimum atomic E-state index is -0.364. The highest BCUT2D eigenvalue weighted by atomic mass is 79.9. The van der Waals surface area contributed by atoms with E-state index in [1.807, 2.05) is 27.7 Å². The summed E-state index contributed by atoms with van der Waals surface area (Å²) in [6.45, 7) is 8.00. The van der Waals surface area contributed by atoms with Gasteiger partial charge in [-0.2, -0.15) is 0 Å². The topological polar surface area (TPSA) is 18.5 Å². The van der Waals surface area contributed by atoms with Crippen LogP contribution in [0, 0.1) is 0 Å². The molecule has 2 nitrogen and oxygen atoms in total. The molecule has 1 heterocycles. The average molecular weight is 255 g/mol. The molecule has 0 radical (unpaired) electrons. The monoisotopic (exact) mass is 254 g/mol. The van der Waals surface area contributed by atoms with Gasteiger partial charge in [-0.25, -0.2) is 0 Å². The van der Waals surface area contributed by atoms with Gasteiger partial charge in [-0.3, -0.25) is 0 Å².